The smallest absolute Gasteiger partial charge is 0.242 e. The van der Waals surface area contributed by atoms with Gasteiger partial charge in [-0.3, -0.25) is 0 Å². The molecule has 0 aliphatic heterocycles. The highest BCUT2D eigenvalue weighted by Crippen LogP contribution is 2.27. The molecule has 0 saturated carbocycles. The van der Waals surface area contributed by atoms with Crippen molar-refractivity contribution in [2.45, 2.75) is 64.9 Å². The summed E-state index contributed by atoms with van der Waals surface area (Å²) < 4.78 is 28.2. The van der Waals surface area contributed by atoms with Gasteiger partial charge < -0.3 is 5.32 Å². The molecule has 21 heavy (non-hydrogen) atoms. The molecule has 1 aromatic heterocycles. The van der Waals surface area contributed by atoms with Crippen LogP contribution < -0.4 is 10.0 Å². The summed E-state index contributed by atoms with van der Waals surface area (Å²) in [5.74, 6) is 0.320. The van der Waals surface area contributed by atoms with E-state index in [1.165, 1.54) is 11.3 Å². The van der Waals surface area contributed by atoms with Crippen molar-refractivity contribution >= 4 is 21.4 Å². The van der Waals surface area contributed by atoms with Crippen molar-refractivity contribution in [3.8, 4) is 0 Å². The minimum atomic E-state index is -3.45. The van der Waals surface area contributed by atoms with Gasteiger partial charge in [0.2, 0.25) is 10.0 Å². The highest BCUT2D eigenvalue weighted by atomic mass is 32.2. The van der Waals surface area contributed by atoms with Crippen LogP contribution in [0.1, 0.15) is 51.0 Å². The summed E-state index contributed by atoms with van der Waals surface area (Å²) in [6, 6.07) is -0.0595. The molecule has 0 spiro atoms. The van der Waals surface area contributed by atoms with Gasteiger partial charge in [0.25, 0.3) is 0 Å². The van der Waals surface area contributed by atoms with Crippen LogP contribution in [-0.4, -0.2) is 21.0 Å². The van der Waals surface area contributed by atoms with Crippen LogP contribution in [-0.2, 0) is 16.6 Å². The Balaban J connectivity index is 2.94. The van der Waals surface area contributed by atoms with Crippen molar-refractivity contribution in [3.05, 3.63) is 15.8 Å². The molecule has 1 heterocycles. The molecule has 2 atom stereocenters. The third-order valence-electron chi connectivity index (χ3n) is 3.81. The molecular weight excluding hydrogens is 304 g/mol. The first-order chi connectivity index (χ1) is 9.83. The number of thiophene rings is 1. The van der Waals surface area contributed by atoms with Gasteiger partial charge in [-0.2, -0.15) is 0 Å². The maximum absolute atomic E-state index is 12.7. The minimum absolute atomic E-state index is 0.0595. The maximum Gasteiger partial charge on any atom is 0.242 e. The molecule has 0 aromatic carbocycles. The number of hydrogen-bond donors (Lipinski definition) is 2. The molecule has 6 heteroatoms. The van der Waals surface area contributed by atoms with Gasteiger partial charge in [-0.05, 0) is 43.7 Å². The Morgan fingerprint density at radius 2 is 1.95 bits per heavy atom. The molecular formula is C15H28N2O2S2. The average Bonchev–Trinajstić information content (AvgIpc) is 2.79. The fourth-order valence-corrected chi connectivity index (χ4v) is 5.25. The summed E-state index contributed by atoms with van der Waals surface area (Å²) in [5, 5.41) is 5.20. The lowest BCUT2D eigenvalue weighted by Gasteiger charge is -2.20. The standard InChI is InChI=1S/C15H28N2O2S2/c1-6-8-16-9-14-15(12(4)10-20-14)21(18,19)17-13(5)11(3)7-2/h10-11,13,16-17H,6-9H2,1-5H3. The summed E-state index contributed by atoms with van der Waals surface area (Å²) >= 11 is 1.51. The van der Waals surface area contributed by atoms with Crippen molar-refractivity contribution in [3.63, 3.8) is 0 Å². The van der Waals surface area contributed by atoms with Crippen LogP contribution in [0.15, 0.2) is 10.3 Å². The summed E-state index contributed by atoms with van der Waals surface area (Å²) in [6.07, 6.45) is 1.99. The van der Waals surface area contributed by atoms with Crippen LogP contribution >= 0.6 is 11.3 Å². The van der Waals surface area contributed by atoms with Crippen LogP contribution in [0.5, 0.6) is 0 Å². The number of rotatable bonds is 9. The van der Waals surface area contributed by atoms with E-state index in [1.807, 2.05) is 19.2 Å². The number of aryl methyl sites for hydroxylation is 1. The third-order valence-corrected chi connectivity index (χ3v) is 6.83. The Hall–Kier alpha value is -0.430. The number of hydrogen-bond acceptors (Lipinski definition) is 4. The van der Waals surface area contributed by atoms with Crippen molar-refractivity contribution in [1.82, 2.24) is 10.0 Å². The van der Waals surface area contributed by atoms with E-state index in [0.29, 0.717) is 17.4 Å². The van der Waals surface area contributed by atoms with Gasteiger partial charge in [0.05, 0.1) is 0 Å². The molecule has 0 fully saturated rings. The zero-order valence-electron chi connectivity index (χ0n) is 13.7. The van der Waals surface area contributed by atoms with E-state index in [4.69, 9.17) is 0 Å². The summed E-state index contributed by atoms with van der Waals surface area (Å²) in [4.78, 5) is 1.36. The monoisotopic (exact) mass is 332 g/mol. The molecule has 4 nitrogen and oxygen atoms in total. The van der Waals surface area contributed by atoms with Gasteiger partial charge in [-0.1, -0.05) is 27.2 Å². The summed E-state index contributed by atoms with van der Waals surface area (Å²) in [7, 11) is -3.45. The minimum Gasteiger partial charge on any atom is -0.312 e. The SMILES string of the molecule is CCCNCc1scc(C)c1S(=O)(=O)NC(C)C(C)CC. The second-order valence-electron chi connectivity index (χ2n) is 5.64. The highest BCUT2D eigenvalue weighted by molar-refractivity contribution is 7.89. The van der Waals surface area contributed by atoms with Crippen molar-refractivity contribution in [1.29, 1.82) is 0 Å². The van der Waals surface area contributed by atoms with Gasteiger partial charge in [0, 0.05) is 17.5 Å². The molecule has 2 unspecified atom stereocenters. The molecule has 2 N–H and O–H groups in total. The fraction of sp³-hybridized carbons (Fsp3) is 0.733. The molecule has 0 aliphatic carbocycles. The first-order valence-electron chi connectivity index (χ1n) is 7.63. The first kappa shape index (κ1) is 18.6. The molecule has 1 rings (SSSR count). The van der Waals surface area contributed by atoms with Crippen LogP contribution in [0.2, 0.25) is 0 Å². The first-order valence-corrected chi connectivity index (χ1v) is 9.99. The van der Waals surface area contributed by atoms with E-state index < -0.39 is 10.0 Å². The summed E-state index contributed by atoms with van der Waals surface area (Å²) in [6.45, 7) is 11.5. The number of nitrogens with one attached hydrogen (secondary N) is 2. The van der Waals surface area contributed by atoms with Gasteiger partial charge in [-0.15, -0.1) is 11.3 Å². The zero-order valence-corrected chi connectivity index (χ0v) is 15.3. The predicted molar refractivity (Wildman–Crippen MR) is 90.3 cm³/mol. The predicted octanol–water partition coefficient (Wildman–Crippen LogP) is 3.27. The van der Waals surface area contributed by atoms with E-state index in [-0.39, 0.29) is 6.04 Å². The summed E-state index contributed by atoms with van der Waals surface area (Å²) in [5.41, 5.74) is 0.831. The van der Waals surface area contributed by atoms with E-state index in [0.717, 1.165) is 29.8 Å². The van der Waals surface area contributed by atoms with Crippen molar-refractivity contribution in [2.24, 2.45) is 5.92 Å². The number of sulfonamides is 1. The van der Waals surface area contributed by atoms with Crippen LogP contribution in [0, 0.1) is 12.8 Å². The molecule has 1 aromatic rings. The third kappa shape index (κ3) is 5.06. The van der Waals surface area contributed by atoms with Crippen molar-refractivity contribution < 1.29 is 8.42 Å². The van der Waals surface area contributed by atoms with Gasteiger partial charge in [0.1, 0.15) is 4.90 Å². The lowest BCUT2D eigenvalue weighted by molar-refractivity contribution is 0.433. The molecule has 0 amide bonds. The largest absolute Gasteiger partial charge is 0.312 e. The maximum atomic E-state index is 12.7. The van der Waals surface area contributed by atoms with Crippen molar-refractivity contribution in [2.75, 3.05) is 6.54 Å². The zero-order chi connectivity index (χ0) is 16.0. The van der Waals surface area contributed by atoms with E-state index in [9.17, 15) is 8.42 Å². The fourth-order valence-electron chi connectivity index (χ4n) is 2.12. The second kappa shape index (κ2) is 8.27. The quantitative estimate of drug-likeness (QED) is 0.682. The van der Waals surface area contributed by atoms with Gasteiger partial charge >= 0.3 is 0 Å². The van der Waals surface area contributed by atoms with Crippen LogP contribution in [0.4, 0.5) is 0 Å². The topological polar surface area (TPSA) is 58.2 Å². The lowest BCUT2D eigenvalue weighted by Crippen LogP contribution is -2.37. The molecule has 0 bridgehead atoms. The molecule has 122 valence electrons. The Labute approximate surface area is 133 Å². The Bertz CT molecular complexity index is 538. The van der Waals surface area contributed by atoms with E-state index >= 15 is 0 Å². The second-order valence-corrected chi connectivity index (χ2v) is 8.26. The average molecular weight is 333 g/mol. The van der Waals surface area contributed by atoms with E-state index in [1.54, 1.807) is 0 Å². The van der Waals surface area contributed by atoms with Crippen LogP contribution in [0.3, 0.4) is 0 Å². The lowest BCUT2D eigenvalue weighted by atomic mass is 10.0. The molecule has 0 radical (unpaired) electrons. The van der Waals surface area contributed by atoms with Gasteiger partial charge in [-0.25, -0.2) is 13.1 Å². The Morgan fingerprint density at radius 3 is 2.52 bits per heavy atom. The van der Waals surface area contributed by atoms with Gasteiger partial charge in [0.15, 0.2) is 0 Å². The molecule has 0 saturated heterocycles. The highest BCUT2D eigenvalue weighted by Gasteiger charge is 2.25. The van der Waals surface area contributed by atoms with Crippen LogP contribution in [0.25, 0.3) is 0 Å². The Kier molecular flexibility index (Phi) is 7.33. The Morgan fingerprint density at radius 1 is 1.29 bits per heavy atom. The van der Waals surface area contributed by atoms with E-state index in [2.05, 4.69) is 30.8 Å². The normalized spacial score (nSPS) is 15.1. The molecule has 0 aliphatic rings.